The third-order valence-corrected chi connectivity index (χ3v) is 2.75. The van der Waals surface area contributed by atoms with Gasteiger partial charge in [-0.25, -0.2) is 0 Å². The molecule has 0 unspecified atom stereocenters. The highest BCUT2D eigenvalue weighted by Gasteiger charge is 2.23. The molecule has 19 heavy (non-hydrogen) atoms. The van der Waals surface area contributed by atoms with Crippen molar-refractivity contribution in [3.63, 3.8) is 0 Å². The Labute approximate surface area is 119 Å². The zero-order valence-corrected chi connectivity index (χ0v) is 12.2. The van der Waals surface area contributed by atoms with Crippen molar-refractivity contribution in [3.8, 4) is 5.75 Å². The van der Waals surface area contributed by atoms with E-state index in [2.05, 4.69) is 15.9 Å². The number of benzene rings is 1. The fourth-order valence-electron chi connectivity index (χ4n) is 1.48. The van der Waals surface area contributed by atoms with Crippen LogP contribution in [0.5, 0.6) is 5.75 Å². The third kappa shape index (κ3) is 4.29. The topological polar surface area (TPSA) is 78.7 Å². The van der Waals surface area contributed by atoms with Crippen molar-refractivity contribution >= 4 is 27.4 Å². The molecule has 0 saturated heterocycles. The summed E-state index contributed by atoms with van der Waals surface area (Å²) in [6.45, 7) is 4.16. The molecule has 1 aromatic carbocycles. The monoisotopic (exact) mass is 331 g/mol. The minimum atomic E-state index is -0.576. The van der Waals surface area contributed by atoms with Gasteiger partial charge in [0.25, 0.3) is 0 Å². The van der Waals surface area contributed by atoms with Crippen LogP contribution in [0.1, 0.15) is 24.2 Å². The fourth-order valence-corrected chi connectivity index (χ4v) is 1.92. The van der Waals surface area contributed by atoms with Crippen LogP contribution >= 0.6 is 15.9 Å². The van der Waals surface area contributed by atoms with Crippen molar-refractivity contribution in [3.05, 3.63) is 32.3 Å². The average molecular weight is 332 g/mol. The lowest BCUT2D eigenvalue weighted by Crippen LogP contribution is -2.10. The van der Waals surface area contributed by atoms with Crippen molar-refractivity contribution < 1.29 is 19.2 Å². The standard InChI is InChI=1S/C12H14BrNO5/c1-3-18-4-5-19-12-10(8(2)15)6-9(13)7-11(12)14(16)17/h6-7H,3-5H2,1-2H3. The number of rotatable bonds is 7. The Morgan fingerprint density at radius 2 is 2.11 bits per heavy atom. The molecule has 0 atom stereocenters. The van der Waals surface area contributed by atoms with Crippen molar-refractivity contribution in [1.29, 1.82) is 0 Å². The predicted octanol–water partition coefficient (Wildman–Crippen LogP) is 2.98. The molecule has 0 fully saturated rings. The van der Waals surface area contributed by atoms with Crippen molar-refractivity contribution in [2.45, 2.75) is 13.8 Å². The van der Waals surface area contributed by atoms with E-state index in [1.807, 2.05) is 6.92 Å². The molecule has 1 aromatic rings. The summed E-state index contributed by atoms with van der Waals surface area (Å²) in [6, 6.07) is 2.81. The maximum Gasteiger partial charge on any atom is 0.312 e. The molecule has 104 valence electrons. The number of ketones is 1. The molecule has 1 rings (SSSR count). The lowest BCUT2D eigenvalue weighted by Gasteiger charge is -2.10. The highest BCUT2D eigenvalue weighted by molar-refractivity contribution is 9.10. The number of hydrogen-bond donors (Lipinski definition) is 0. The molecule has 0 aliphatic heterocycles. The summed E-state index contributed by atoms with van der Waals surface area (Å²) < 4.78 is 10.9. The number of nitrogens with zero attached hydrogens (tertiary/aromatic N) is 1. The van der Waals surface area contributed by atoms with Crippen LogP contribution in [-0.2, 0) is 4.74 Å². The van der Waals surface area contributed by atoms with Crippen molar-refractivity contribution in [2.24, 2.45) is 0 Å². The Bertz CT molecular complexity index is 454. The van der Waals surface area contributed by atoms with Crippen LogP contribution in [0.15, 0.2) is 16.6 Å². The van der Waals surface area contributed by atoms with Gasteiger partial charge in [0.1, 0.15) is 6.61 Å². The van der Waals surface area contributed by atoms with E-state index in [0.29, 0.717) is 17.7 Å². The van der Waals surface area contributed by atoms with E-state index in [4.69, 9.17) is 9.47 Å². The van der Waals surface area contributed by atoms with E-state index in [1.54, 1.807) is 0 Å². The summed E-state index contributed by atoms with van der Waals surface area (Å²) in [5, 5.41) is 11.0. The molecule has 6 nitrogen and oxygen atoms in total. The van der Waals surface area contributed by atoms with Crippen LogP contribution in [-0.4, -0.2) is 30.5 Å². The minimum absolute atomic E-state index is 0.0135. The molecule has 0 amide bonds. The van der Waals surface area contributed by atoms with Gasteiger partial charge < -0.3 is 9.47 Å². The summed E-state index contributed by atoms with van der Waals surface area (Å²) in [6.07, 6.45) is 0. The second-order valence-corrected chi connectivity index (χ2v) is 4.58. The van der Waals surface area contributed by atoms with E-state index >= 15 is 0 Å². The van der Waals surface area contributed by atoms with Gasteiger partial charge in [0.05, 0.1) is 17.1 Å². The lowest BCUT2D eigenvalue weighted by atomic mass is 10.1. The maximum absolute atomic E-state index is 11.5. The zero-order valence-electron chi connectivity index (χ0n) is 10.6. The predicted molar refractivity (Wildman–Crippen MR) is 72.8 cm³/mol. The molecule has 0 heterocycles. The largest absolute Gasteiger partial charge is 0.484 e. The van der Waals surface area contributed by atoms with Gasteiger partial charge in [-0.2, -0.15) is 0 Å². The number of halogens is 1. The Kier molecular flexibility index (Phi) is 5.91. The smallest absolute Gasteiger partial charge is 0.312 e. The number of carbonyl (C=O) groups excluding carboxylic acids is 1. The van der Waals surface area contributed by atoms with Gasteiger partial charge in [-0.15, -0.1) is 0 Å². The number of Topliss-reactive ketones (excluding diaryl/α,β-unsaturated/α-hetero) is 1. The Balaban J connectivity index is 3.09. The Hall–Kier alpha value is -1.47. The molecular weight excluding hydrogens is 318 g/mol. The molecule has 0 radical (unpaired) electrons. The lowest BCUT2D eigenvalue weighted by molar-refractivity contribution is -0.386. The van der Waals surface area contributed by atoms with Crippen LogP contribution in [0.3, 0.4) is 0 Å². The number of ether oxygens (including phenoxy) is 2. The normalized spacial score (nSPS) is 10.3. The average Bonchev–Trinajstić information content (AvgIpc) is 2.34. The molecule has 0 aliphatic rings. The van der Waals surface area contributed by atoms with Crippen LogP contribution in [0.4, 0.5) is 5.69 Å². The first-order chi connectivity index (χ1) is 8.97. The Morgan fingerprint density at radius 3 is 2.63 bits per heavy atom. The van der Waals surface area contributed by atoms with Gasteiger partial charge in [-0.05, 0) is 19.9 Å². The summed E-state index contributed by atoms with van der Waals surface area (Å²) in [5.74, 6) is -0.309. The SMILES string of the molecule is CCOCCOc1c(C(C)=O)cc(Br)cc1[N+](=O)[O-]. The number of hydrogen-bond acceptors (Lipinski definition) is 5. The van der Waals surface area contributed by atoms with Gasteiger partial charge in [0.15, 0.2) is 5.78 Å². The first kappa shape index (κ1) is 15.6. The highest BCUT2D eigenvalue weighted by Crippen LogP contribution is 2.34. The molecule has 0 bridgehead atoms. The number of nitro groups is 1. The van der Waals surface area contributed by atoms with E-state index in [0.717, 1.165) is 0 Å². The van der Waals surface area contributed by atoms with Crippen LogP contribution in [0.2, 0.25) is 0 Å². The molecule has 7 heteroatoms. The maximum atomic E-state index is 11.5. The molecule has 0 N–H and O–H groups in total. The number of carbonyl (C=O) groups is 1. The van der Waals surface area contributed by atoms with Gasteiger partial charge in [-0.1, -0.05) is 15.9 Å². The zero-order chi connectivity index (χ0) is 14.4. The van der Waals surface area contributed by atoms with Crippen LogP contribution in [0, 0.1) is 10.1 Å². The second-order valence-electron chi connectivity index (χ2n) is 3.66. The number of nitro benzene ring substituents is 1. The summed E-state index contributed by atoms with van der Waals surface area (Å²) in [5.41, 5.74) is -0.0614. The first-order valence-corrected chi connectivity index (χ1v) is 6.46. The second kappa shape index (κ2) is 7.20. The van der Waals surface area contributed by atoms with Gasteiger partial charge in [0, 0.05) is 17.1 Å². The first-order valence-electron chi connectivity index (χ1n) is 5.66. The molecular formula is C12H14BrNO5. The molecule has 0 aliphatic carbocycles. The van der Waals surface area contributed by atoms with Gasteiger partial charge in [-0.3, -0.25) is 14.9 Å². The quantitative estimate of drug-likeness (QED) is 0.332. The molecule has 0 saturated carbocycles. The molecule has 0 aromatic heterocycles. The Morgan fingerprint density at radius 1 is 1.42 bits per heavy atom. The van der Waals surface area contributed by atoms with Gasteiger partial charge in [0.2, 0.25) is 5.75 Å². The van der Waals surface area contributed by atoms with Crippen molar-refractivity contribution in [1.82, 2.24) is 0 Å². The third-order valence-electron chi connectivity index (χ3n) is 2.29. The van der Waals surface area contributed by atoms with E-state index in [1.165, 1.54) is 19.1 Å². The highest BCUT2D eigenvalue weighted by atomic mass is 79.9. The van der Waals surface area contributed by atoms with Gasteiger partial charge >= 0.3 is 5.69 Å². The fraction of sp³-hybridized carbons (Fsp3) is 0.417. The summed E-state index contributed by atoms with van der Waals surface area (Å²) in [4.78, 5) is 22.0. The van der Waals surface area contributed by atoms with E-state index in [-0.39, 0.29) is 29.4 Å². The van der Waals surface area contributed by atoms with E-state index in [9.17, 15) is 14.9 Å². The van der Waals surface area contributed by atoms with Crippen LogP contribution < -0.4 is 4.74 Å². The van der Waals surface area contributed by atoms with Crippen molar-refractivity contribution in [2.75, 3.05) is 19.8 Å². The minimum Gasteiger partial charge on any atom is -0.484 e. The molecule has 0 spiro atoms. The summed E-state index contributed by atoms with van der Waals surface area (Å²) >= 11 is 3.14. The van der Waals surface area contributed by atoms with Crippen LogP contribution in [0.25, 0.3) is 0 Å². The van der Waals surface area contributed by atoms with E-state index < -0.39 is 4.92 Å². The summed E-state index contributed by atoms with van der Waals surface area (Å²) in [7, 11) is 0.